The largest absolute Gasteiger partial charge is 2.00 e. The molecule has 4 heterocycles. The molecule has 0 unspecified atom stereocenters. The fourth-order valence-electron chi connectivity index (χ4n) is 3.00. The Labute approximate surface area is 180 Å². The van der Waals surface area contributed by atoms with Crippen LogP contribution in [0.15, 0.2) is 35.6 Å². The monoisotopic (exact) mass is 477 g/mol. The summed E-state index contributed by atoms with van der Waals surface area (Å²) < 4.78 is 17.7. The first-order valence-corrected chi connectivity index (χ1v) is 9.17. The molecule has 4 rings (SSSR count). The number of aryl methyl sites for hydroxylation is 1. The van der Waals surface area contributed by atoms with E-state index in [1.165, 1.54) is 28.3 Å². The van der Waals surface area contributed by atoms with Crippen LogP contribution < -0.4 is 5.56 Å². The van der Waals surface area contributed by atoms with E-state index in [0.29, 0.717) is 15.8 Å². The summed E-state index contributed by atoms with van der Waals surface area (Å²) in [5.41, 5.74) is 1.85. The van der Waals surface area contributed by atoms with E-state index >= 15 is 0 Å². The number of aliphatic hydroxyl groups is 1. The number of fused-ring (bicyclic) bond motifs is 2. The second-order valence-corrected chi connectivity index (χ2v) is 7.45. The molecule has 4 aromatic heterocycles. The van der Waals surface area contributed by atoms with Crippen molar-refractivity contribution in [3.63, 3.8) is 0 Å². The van der Waals surface area contributed by atoms with E-state index in [4.69, 9.17) is 0 Å². The number of hydrogen-bond donors (Lipinski definition) is 1. The number of imidazole rings is 1. The summed E-state index contributed by atoms with van der Waals surface area (Å²) in [6, 6.07) is 2.48. The molecule has 0 saturated heterocycles. The molecule has 0 fully saturated rings. The van der Waals surface area contributed by atoms with Crippen molar-refractivity contribution in [2.24, 2.45) is 0 Å². The Morgan fingerprint density at radius 1 is 1.36 bits per heavy atom. The van der Waals surface area contributed by atoms with Crippen LogP contribution in [0.1, 0.15) is 18.2 Å². The van der Waals surface area contributed by atoms with Crippen LogP contribution >= 0.6 is 11.3 Å². The Morgan fingerprint density at radius 2 is 2.11 bits per heavy atom. The summed E-state index contributed by atoms with van der Waals surface area (Å²) in [5.74, 6) is -0.431. The Hall–Kier alpha value is -1.84. The van der Waals surface area contributed by atoms with Crippen LogP contribution in [0.25, 0.3) is 26.3 Å². The molecule has 9 heteroatoms. The first-order chi connectivity index (χ1) is 12.9. The summed E-state index contributed by atoms with van der Waals surface area (Å²) in [5, 5.41) is 9.93. The van der Waals surface area contributed by atoms with Gasteiger partial charge in [0.1, 0.15) is 4.70 Å². The van der Waals surface area contributed by atoms with Crippen molar-refractivity contribution in [1.82, 2.24) is 18.9 Å². The van der Waals surface area contributed by atoms with Crippen LogP contribution in [0.2, 0.25) is 0 Å². The van der Waals surface area contributed by atoms with Crippen molar-refractivity contribution < 1.29 is 31.9 Å². The molecule has 0 aliphatic carbocycles. The van der Waals surface area contributed by atoms with Crippen molar-refractivity contribution in [1.29, 1.82) is 0 Å². The zero-order valence-electron chi connectivity index (χ0n) is 15.0. The molecule has 0 aliphatic heterocycles. The van der Waals surface area contributed by atoms with E-state index in [0.717, 1.165) is 10.6 Å². The maximum Gasteiger partial charge on any atom is 2.00 e. The minimum absolute atomic E-state index is 0. The van der Waals surface area contributed by atoms with Gasteiger partial charge in [0.15, 0.2) is 11.5 Å². The number of hydrogen-bond acceptors (Lipinski definition) is 5. The summed E-state index contributed by atoms with van der Waals surface area (Å²) in [4.78, 5) is 22.0. The van der Waals surface area contributed by atoms with Gasteiger partial charge in [0.05, 0.1) is 17.5 Å². The molecule has 0 aliphatic rings. The van der Waals surface area contributed by atoms with Gasteiger partial charge in [-0.15, -0.1) is 11.3 Å². The predicted octanol–water partition coefficient (Wildman–Crippen LogP) is 3.18. The van der Waals surface area contributed by atoms with E-state index in [1.807, 2.05) is 0 Å². The standard InChI is InChI=1S/C19H17FN4O2S.Nb/c1-4-15(25)11(3)24-9-21-14-6-16(27-17(14)19(24)26)12-5-13(20)18-22-10(2)7-23(18)8-12;/h5-9,11,15,25H,1,3-4H2,2H3;/q-2;+2/t11-,15-;/m0./s1. The molecule has 0 saturated carbocycles. The number of nitrogens with zero attached hydrogens (tertiary/aromatic N) is 4. The average molecular weight is 477 g/mol. The minimum Gasteiger partial charge on any atom is -0.396 e. The predicted molar refractivity (Wildman–Crippen MR) is 103 cm³/mol. The zero-order valence-corrected chi connectivity index (χ0v) is 18.1. The normalized spacial score (nSPS) is 13.6. The minimum atomic E-state index is -0.845. The summed E-state index contributed by atoms with van der Waals surface area (Å²) in [6.07, 6.45) is 4.28. The van der Waals surface area contributed by atoms with Crippen molar-refractivity contribution in [2.45, 2.75) is 25.5 Å². The van der Waals surface area contributed by atoms with E-state index in [-0.39, 0.29) is 40.0 Å². The Morgan fingerprint density at radius 3 is 2.82 bits per heavy atom. The molecule has 0 spiro atoms. The number of aromatic nitrogens is 4. The van der Waals surface area contributed by atoms with E-state index in [9.17, 15) is 14.3 Å². The quantitative estimate of drug-likeness (QED) is 0.362. The Kier molecular flexibility index (Phi) is 5.88. The van der Waals surface area contributed by atoms with Crippen molar-refractivity contribution >= 4 is 27.2 Å². The van der Waals surface area contributed by atoms with Crippen LogP contribution in [0, 0.1) is 26.6 Å². The van der Waals surface area contributed by atoms with Crippen molar-refractivity contribution in [3.8, 4) is 10.4 Å². The van der Waals surface area contributed by atoms with Crippen LogP contribution in [-0.4, -0.2) is 30.1 Å². The van der Waals surface area contributed by atoms with Gasteiger partial charge < -0.3 is 27.9 Å². The summed E-state index contributed by atoms with van der Waals surface area (Å²) in [6.45, 7) is 9.27. The van der Waals surface area contributed by atoms with Crippen LogP contribution in [0.4, 0.5) is 4.39 Å². The number of aliphatic hydroxyl groups excluding tert-OH is 1. The average Bonchev–Trinajstić information content (AvgIpc) is 3.24. The fraction of sp³-hybridized carbons (Fsp3) is 0.211. The third kappa shape index (κ3) is 3.46. The fourth-order valence-corrected chi connectivity index (χ4v) is 4.02. The van der Waals surface area contributed by atoms with Gasteiger partial charge in [0.2, 0.25) is 0 Å². The molecular formula is C19H17FN4NbO2S. The second-order valence-electron chi connectivity index (χ2n) is 6.40. The summed E-state index contributed by atoms with van der Waals surface area (Å²) >= 11 is 1.23. The molecule has 1 N–H and O–H groups in total. The number of halogens is 1. The van der Waals surface area contributed by atoms with Crippen molar-refractivity contribution in [2.75, 3.05) is 0 Å². The zero-order chi connectivity index (χ0) is 19.3. The van der Waals surface area contributed by atoms with Crippen LogP contribution in [0.5, 0.6) is 0 Å². The van der Waals surface area contributed by atoms with Gasteiger partial charge in [-0.3, -0.25) is 4.79 Å². The number of thiophene rings is 1. The van der Waals surface area contributed by atoms with E-state index in [2.05, 4.69) is 23.8 Å². The van der Waals surface area contributed by atoms with E-state index in [1.54, 1.807) is 29.8 Å². The molecule has 0 amide bonds. The van der Waals surface area contributed by atoms with Crippen molar-refractivity contribution in [3.05, 3.63) is 66.6 Å². The smallest absolute Gasteiger partial charge is 0.396 e. The SMILES string of the molecule is [CH2-]C[C@H](O)[C@H]([CH2-])n1cnc2cc(-c3cc(F)c4nc(C)cn4c3)sc2c1=O.[Nb+2]. The first-order valence-electron chi connectivity index (χ1n) is 8.35. The molecule has 6 nitrogen and oxygen atoms in total. The molecule has 0 bridgehead atoms. The molecule has 143 valence electrons. The Balaban J connectivity index is 0.00000225. The summed E-state index contributed by atoms with van der Waals surface area (Å²) in [7, 11) is 0. The van der Waals surface area contributed by atoms with Gasteiger partial charge in [-0.05, 0) is 19.1 Å². The van der Waals surface area contributed by atoms with Gasteiger partial charge in [-0.1, -0.05) is 6.04 Å². The number of rotatable bonds is 4. The maximum atomic E-state index is 14.4. The first kappa shape index (κ1) is 20.9. The maximum absolute atomic E-state index is 14.4. The third-order valence-corrected chi connectivity index (χ3v) is 5.63. The Bertz CT molecular complexity index is 1220. The van der Waals surface area contributed by atoms with Crippen LogP contribution in [-0.2, 0) is 22.4 Å². The van der Waals surface area contributed by atoms with Gasteiger partial charge in [0.25, 0.3) is 5.56 Å². The van der Waals surface area contributed by atoms with Gasteiger partial charge in [-0.25, -0.2) is 14.4 Å². The van der Waals surface area contributed by atoms with Crippen LogP contribution in [0.3, 0.4) is 0 Å². The van der Waals surface area contributed by atoms with Gasteiger partial charge in [-0.2, -0.15) is 6.42 Å². The molecule has 2 atom stereocenters. The molecule has 1 radical (unpaired) electrons. The second kappa shape index (κ2) is 7.88. The van der Waals surface area contributed by atoms with Gasteiger partial charge in [0, 0.05) is 28.9 Å². The van der Waals surface area contributed by atoms with E-state index < -0.39 is 18.0 Å². The topological polar surface area (TPSA) is 72.4 Å². The molecular weight excluding hydrogens is 460 g/mol. The third-order valence-electron chi connectivity index (χ3n) is 4.47. The number of pyridine rings is 1. The molecule has 28 heavy (non-hydrogen) atoms. The molecule has 4 aromatic rings. The van der Waals surface area contributed by atoms with Gasteiger partial charge >= 0.3 is 22.4 Å². The molecule has 0 aromatic carbocycles.